The monoisotopic (exact) mass is 294 g/mol. The van der Waals surface area contributed by atoms with Crippen LogP contribution >= 0.6 is 12.4 Å². The highest BCUT2D eigenvalue weighted by atomic mass is 35.5. The summed E-state index contributed by atoms with van der Waals surface area (Å²) in [5.41, 5.74) is 6.77. The average Bonchev–Trinajstić information content (AvgIpc) is 2.91. The summed E-state index contributed by atoms with van der Waals surface area (Å²) >= 11 is 0. The number of halogens is 1. The number of furan rings is 1. The molecule has 1 unspecified atom stereocenters. The van der Waals surface area contributed by atoms with Gasteiger partial charge in [0, 0.05) is 6.54 Å². The number of hydrogen-bond donors (Lipinski definition) is 1. The summed E-state index contributed by atoms with van der Waals surface area (Å²) < 4.78 is 5.30. The Morgan fingerprint density at radius 2 is 1.90 bits per heavy atom. The van der Waals surface area contributed by atoms with E-state index in [0.717, 1.165) is 11.3 Å². The van der Waals surface area contributed by atoms with E-state index >= 15 is 0 Å². The van der Waals surface area contributed by atoms with Crippen molar-refractivity contribution in [3.8, 4) is 0 Å². The third kappa shape index (κ3) is 4.40. The van der Waals surface area contributed by atoms with Crippen LogP contribution in [0.4, 0.5) is 0 Å². The average molecular weight is 295 g/mol. The molecule has 108 valence electrons. The van der Waals surface area contributed by atoms with Gasteiger partial charge in [-0.3, -0.25) is 4.79 Å². The Morgan fingerprint density at radius 1 is 1.20 bits per heavy atom. The van der Waals surface area contributed by atoms with Gasteiger partial charge in [0.1, 0.15) is 5.76 Å². The number of nitrogens with zero attached hydrogens (tertiary/aromatic N) is 1. The molecular weight excluding hydrogens is 276 g/mol. The predicted molar refractivity (Wildman–Crippen MR) is 80.3 cm³/mol. The van der Waals surface area contributed by atoms with Gasteiger partial charge in [0.05, 0.1) is 18.8 Å². The molecule has 20 heavy (non-hydrogen) atoms. The zero-order valence-electron chi connectivity index (χ0n) is 11.4. The first-order valence-corrected chi connectivity index (χ1v) is 6.27. The van der Waals surface area contributed by atoms with Gasteiger partial charge in [-0.05, 0) is 24.6 Å². The molecule has 0 aliphatic heterocycles. The quantitative estimate of drug-likeness (QED) is 0.922. The topological polar surface area (TPSA) is 59.5 Å². The molecule has 0 aliphatic carbocycles. The van der Waals surface area contributed by atoms with Crippen LogP contribution < -0.4 is 5.73 Å². The van der Waals surface area contributed by atoms with E-state index < -0.39 is 6.04 Å². The second-order valence-electron chi connectivity index (χ2n) is 4.55. The molecule has 0 aliphatic rings. The molecule has 0 saturated carbocycles. The third-order valence-corrected chi connectivity index (χ3v) is 2.84. The maximum atomic E-state index is 12.1. The molecule has 2 rings (SSSR count). The molecule has 5 heteroatoms. The number of hydrogen-bond acceptors (Lipinski definition) is 3. The van der Waals surface area contributed by atoms with Gasteiger partial charge in [-0.1, -0.05) is 30.3 Å². The van der Waals surface area contributed by atoms with Crippen molar-refractivity contribution in [3.05, 3.63) is 60.1 Å². The highest BCUT2D eigenvalue weighted by Gasteiger charge is 2.18. The third-order valence-electron chi connectivity index (χ3n) is 2.84. The van der Waals surface area contributed by atoms with Crippen LogP contribution in [0, 0.1) is 0 Å². The largest absolute Gasteiger partial charge is 0.467 e. The summed E-state index contributed by atoms with van der Waals surface area (Å²) in [4.78, 5) is 13.8. The minimum Gasteiger partial charge on any atom is -0.467 e. The predicted octanol–water partition coefficient (Wildman–Crippen LogP) is 2.58. The second kappa shape index (κ2) is 7.72. The lowest BCUT2D eigenvalue weighted by atomic mass is 10.2. The SMILES string of the molecule is CC(N)C(=O)N(Cc1ccccc1)Cc1ccco1.Cl. The molecule has 1 amide bonds. The van der Waals surface area contributed by atoms with Gasteiger partial charge in [-0.25, -0.2) is 0 Å². The molecule has 0 fully saturated rings. The van der Waals surface area contributed by atoms with E-state index in [1.165, 1.54) is 0 Å². The van der Waals surface area contributed by atoms with Crippen molar-refractivity contribution in [1.29, 1.82) is 0 Å². The van der Waals surface area contributed by atoms with Crippen LogP contribution in [-0.2, 0) is 17.9 Å². The van der Waals surface area contributed by atoms with Crippen molar-refractivity contribution in [2.75, 3.05) is 0 Å². The lowest BCUT2D eigenvalue weighted by Crippen LogP contribution is -2.41. The molecule has 0 spiro atoms. The molecule has 0 saturated heterocycles. The Hall–Kier alpha value is -1.78. The first kappa shape index (κ1) is 16.3. The number of carbonyl (C=O) groups excluding carboxylic acids is 1. The van der Waals surface area contributed by atoms with Crippen molar-refractivity contribution in [2.24, 2.45) is 5.73 Å². The van der Waals surface area contributed by atoms with E-state index in [1.807, 2.05) is 42.5 Å². The highest BCUT2D eigenvalue weighted by Crippen LogP contribution is 2.11. The number of amides is 1. The van der Waals surface area contributed by atoms with E-state index in [1.54, 1.807) is 18.1 Å². The Morgan fingerprint density at radius 3 is 2.45 bits per heavy atom. The standard InChI is InChI=1S/C15H18N2O2.ClH/c1-12(16)15(18)17(11-14-8-5-9-19-14)10-13-6-3-2-4-7-13;/h2-9,12H,10-11,16H2,1H3;1H. The summed E-state index contributed by atoms with van der Waals surface area (Å²) in [7, 11) is 0. The lowest BCUT2D eigenvalue weighted by molar-refractivity contribution is -0.133. The second-order valence-corrected chi connectivity index (χ2v) is 4.55. The van der Waals surface area contributed by atoms with Crippen LogP contribution in [-0.4, -0.2) is 16.8 Å². The van der Waals surface area contributed by atoms with Crippen molar-refractivity contribution >= 4 is 18.3 Å². The van der Waals surface area contributed by atoms with Crippen molar-refractivity contribution in [3.63, 3.8) is 0 Å². The molecule has 1 aromatic carbocycles. The van der Waals surface area contributed by atoms with Gasteiger partial charge < -0.3 is 15.1 Å². The van der Waals surface area contributed by atoms with Crippen molar-refractivity contribution in [2.45, 2.75) is 26.1 Å². The molecule has 4 nitrogen and oxygen atoms in total. The van der Waals surface area contributed by atoms with E-state index in [0.29, 0.717) is 13.1 Å². The Labute approximate surface area is 125 Å². The van der Waals surface area contributed by atoms with Crippen LogP contribution in [0.2, 0.25) is 0 Å². The zero-order valence-corrected chi connectivity index (χ0v) is 12.2. The van der Waals surface area contributed by atoms with Gasteiger partial charge >= 0.3 is 0 Å². The molecule has 0 bridgehead atoms. The minimum atomic E-state index is -0.515. The van der Waals surface area contributed by atoms with Crippen LogP contribution in [0.1, 0.15) is 18.2 Å². The van der Waals surface area contributed by atoms with Crippen LogP contribution in [0.5, 0.6) is 0 Å². The van der Waals surface area contributed by atoms with E-state index in [9.17, 15) is 4.79 Å². The molecule has 1 aromatic heterocycles. The normalized spacial score (nSPS) is 11.5. The lowest BCUT2D eigenvalue weighted by Gasteiger charge is -2.23. The van der Waals surface area contributed by atoms with Gasteiger partial charge in [0.2, 0.25) is 5.91 Å². The number of carbonyl (C=O) groups is 1. The van der Waals surface area contributed by atoms with Gasteiger partial charge in [-0.15, -0.1) is 12.4 Å². The summed E-state index contributed by atoms with van der Waals surface area (Å²) in [6.45, 7) is 2.66. The Bertz CT molecular complexity index is 512. The molecular formula is C15H19ClN2O2. The maximum absolute atomic E-state index is 12.1. The molecule has 1 heterocycles. The molecule has 2 aromatic rings. The fourth-order valence-electron chi connectivity index (χ4n) is 1.89. The Balaban J connectivity index is 0.00000200. The van der Waals surface area contributed by atoms with Crippen LogP contribution in [0.15, 0.2) is 53.1 Å². The van der Waals surface area contributed by atoms with Crippen molar-refractivity contribution in [1.82, 2.24) is 4.90 Å². The molecule has 1 atom stereocenters. The number of rotatable bonds is 5. The van der Waals surface area contributed by atoms with Gasteiger partial charge in [0.25, 0.3) is 0 Å². The maximum Gasteiger partial charge on any atom is 0.239 e. The fourth-order valence-corrected chi connectivity index (χ4v) is 1.89. The van der Waals surface area contributed by atoms with E-state index in [-0.39, 0.29) is 18.3 Å². The van der Waals surface area contributed by atoms with Gasteiger partial charge in [0.15, 0.2) is 0 Å². The van der Waals surface area contributed by atoms with Crippen molar-refractivity contribution < 1.29 is 9.21 Å². The van der Waals surface area contributed by atoms with Crippen LogP contribution in [0.3, 0.4) is 0 Å². The van der Waals surface area contributed by atoms with Gasteiger partial charge in [-0.2, -0.15) is 0 Å². The molecule has 2 N–H and O–H groups in total. The summed E-state index contributed by atoms with van der Waals surface area (Å²) in [6, 6.07) is 13.0. The highest BCUT2D eigenvalue weighted by molar-refractivity contribution is 5.85. The summed E-state index contributed by atoms with van der Waals surface area (Å²) in [5.74, 6) is 0.671. The minimum absolute atomic E-state index is 0. The van der Waals surface area contributed by atoms with E-state index in [2.05, 4.69) is 0 Å². The Kier molecular flexibility index (Phi) is 6.28. The summed E-state index contributed by atoms with van der Waals surface area (Å²) in [5, 5.41) is 0. The summed E-state index contributed by atoms with van der Waals surface area (Å²) in [6.07, 6.45) is 1.60. The number of benzene rings is 1. The zero-order chi connectivity index (χ0) is 13.7. The van der Waals surface area contributed by atoms with Crippen LogP contribution in [0.25, 0.3) is 0 Å². The number of nitrogens with two attached hydrogens (primary N) is 1. The first-order valence-electron chi connectivity index (χ1n) is 6.27. The van der Waals surface area contributed by atoms with E-state index in [4.69, 9.17) is 10.2 Å². The first-order chi connectivity index (χ1) is 9.16. The molecule has 0 radical (unpaired) electrons. The fraction of sp³-hybridized carbons (Fsp3) is 0.267. The smallest absolute Gasteiger partial charge is 0.239 e.